The average molecular weight is 350 g/mol. The summed E-state index contributed by atoms with van der Waals surface area (Å²) in [7, 11) is 0. The number of rotatable bonds is 2. The number of hydrogen-bond acceptors (Lipinski definition) is 6. The third-order valence-corrected chi connectivity index (χ3v) is 1.38. The van der Waals surface area contributed by atoms with Crippen LogP contribution in [-0.4, -0.2) is 34.1 Å². The largest absolute Gasteiger partial charge is 2.00 e. The number of aliphatic carboxylic acids is 2. The molecule has 0 bridgehead atoms. The molecule has 2 N–H and O–H groups in total. The molecule has 0 aromatic heterocycles. The SMILES string of the molecule is CC(=O)[O-].CC(=O)[O-].O=C(O)c1ccc(C(=O)O)cc1.[Zn+2]. The molecular formula is C12H12O8Zn. The molecule has 0 fully saturated rings. The van der Waals surface area contributed by atoms with E-state index in [-0.39, 0.29) is 30.6 Å². The van der Waals surface area contributed by atoms with Gasteiger partial charge in [-0.1, -0.05) is 0 Å². The van der Waals surface area contributed by atoms with Crippen molar-refractivity contribution in [1.82, 2.24) is 0 Å². The van der Waals surface area contributed by atoms with E-state index in [0.29, 0.717) is 0 Å². The Balaban J connectivity index is -0.000000304. The minimum Gasteiger partial charge on any atom is -0.550 e. The maximum Gasteiger partial charge on any atom is 2.00 e. The molecule has 0 aliphatic rings. The number of carboxylic acid groups (broad SMARTS) is 4. The first-order valence-corrected chi connectivity index (χ1v) is 4.99. The van der Waals surface area contributed by atoms with E-state index < -0.39 is 23.9 Å². The van der Waals surface area contributed by atoms with Gasteiger partial charge in [0.25, 0.3) is 0 Å². The van der Waals surface area contributed by atoms with E-state index in [1.165, 1.54) is 24.3 Å². The summed E-state index contributed by atoms with van der Waals surface area (Å²) in [6.07, 6.45) is 0. The molecule has 0 aliphatic carbocycles. The van der Waals surface area contributed by atoms with Crippen LogP contribution < -0.4 is 10.2 Å². The maximum atomic E-state index is 10.3. The Morgan fingerprint density at radius 3 is 1.00 bits per heavy atom. The van der Waals surface area contributed by atoms with E-state index in [4.69, 9.17) is 30.0 Å². The zero-order valence-corrected chi connectivity index (χ0v) is 14.3. The van der Waals surface area contributed by atoms with Crippen LogP contribution >= 0.6 is 0 Å². The molecule has 8 nitrogen and oxygen atoms in total. The number of hydrogen-bond donors (Lipinski definition) is 2. The molecule has 0 spiro atoms. The molecule has 0 saturated heterocycles. The third-order valence-electron chi connectivity index (χ3n) is 1.38. The van der Waals surface area contributed by atoms with Gasteiger partial charge < -0.3 is 30.0 Å². The number of carbonyl (C=O) groups is 4. The van der Waals surface area contributed by atoms with Crippen LogP contribution in [0.4, 0.5) is 0 Å². The standard InChI is InChI=1S/C8H6O4.2C2H4O2.Zn/c9-7(10)5-1-2-6(4-3-5)8(11)12;2*1-2(3)4;/h1-4H,(H,9,10)(H,11,12);2*1H3,(H,3,4);/q;;;+2/p-2. The van der Waals surface area contributed by atoms with Gasteiger partial charge in [0.15, 0.2) is 0 Å². The second kappa shape index (κ2) is 12.7. The van der Waals surface area contributed by atoms with E-state index in [9.17, 15) is 9.59 Å². The predicted octanol–water partition coefficient (Wildman–Crippen LogP) is -1.41. The molecule has 0 radical (unpaired) electrons. The summed E-state index contributed by atoms with van der Waals surface area (Å²) in [4.78, 5) is 38.4. The molecule has 0 aliphatic heterocycles. The smallest absolute Gasteiger partial charge is 0.550 e. The third kappa shape index (κ3) is 17.7. The summed E-state index contributed by atoms with van der Waals surface area (Å²) < 4.78 is 0. The Kier molecular flexibility index (Phi) is 14.4. The summed E-state index contributed by atoms with van der Waals surface area (Å²) >= 11 is 0. The maximum absolute atomic E-state index is 10.3. The zero-order valence-electron chi connectivity index (χ0n) is 11.4. The summed E-state index contributed by atoms with van der Waals surface area (Å²) in [6, 6.07) is 5.02. The fourth-order valence-electron chi connectivity index (χ4n) is 0.755. The van der Waals surface area contributed by atoms with Crippen molar-refractivity contribution < 1.29 is 59.1 Å². The van der Waals surface area contributed by atoms with Crippen LogP contribution in [0.3, 0.4) is 0 Å². The average Bonchev–Trinajstić information content (AvgIpc) is 2.27. The second-order valence-electron chi connectivity index (χ2n) is 3.17. The van der Waals surface area contributed by atoms with Crippen molar-refractivity contribution in [3.63, 3.8) is 0 Å². The molecule has 0 unspecified atom stereocenters. The van der Waals surface area contributed by atoms with E-state index in [1.54, 1.807) is 0 Å². The molecule has 9 heteroatoms. The van der Waals surface area contributed by atoms with Crippen LogP contribution in [0.1, 0.15) is 34.6 Å². The topological polar surface area (TPSA) is 155 Å². The molecular weight excluding hydrogens is 338 g/mol. The minimum atomic E-state index is -1.08. The van der Waals surface area contributed by atoms with Crippen LogP contribution in [0.2, 0.25) is 0 Å². The Bertz CT molecular complexity index is 428. The van der Waals surface area contributed by atoms with Crippen molar-refractivity contribution in [3.8, 4) is 0 Å². The van der Waals surface area contributed by atoms with Gasteiger partial charge in [-0.05, 0) is 38.1 Å². The fourth-order valence-corrected chi connectivity index (χ4v) is 0.755. The Morgan fingerprint density at radius 2 is 0.905 bits per heavy atom. The number of carbonyl (C=O) groups excluding carboxylic acids is 2. The van der Waals surface area contributed by atoms with E-state index in [1.807, 2.05) is 0 Å². The van der Waals surface area contributed by atoms with Crippen LogP contribution in [0.25, 0.3) is 0 Å². The molecule has 1 rings (SSSR count). The first-order valence-electron chi connectivity index (χ1n) is 4.99. The zero-order chi connectivity index (χ0) is 16.3. The van der Waals surface area contributed by atoms with Crippen molar-refractivity contribution in [2.24, 2.45) is 0 Å². The Hall–Kier alpha value is -2.28. The number of aromatic carboxylic acids is 2. The van der Waals surface area contributed by atoms with Crippen molar-refractivity contribution in [1.29, 1.82) is 0 Å². The van der Waals surface area contributed by atoms with Gasteiger partial charge in [-0.15, -0.1) is 0 Å². The minimum absolute atomic E-state index is 0. The van der Waals surface area contributed by atoms with E-state index in [2.05, 4.69) is 0 Å². The molecule has 0 atom stereocenters. The van der Waals surface area contributed by atoms with Crippen molar-refractivity contribution in [2.45, 2.75) is 13.8 Å². The molecule has 0 heterocycles. The fraction of sp³-hybridized carbons (Fsp3) is 0.167. The molecule has 0 amide bonds. The van der Waals surface area contributed by atoms with Crippen molar-refractivity contribution >= 4 is 23.9 Å². The number of benzene rings is 1. The monoisotopic (exact) mass is 348 g/mol. The van der Waals surface area contributed by atoms with E-state index >= 15 is 0 Å². The predicted molar refractivity (Wildman–Crippen MR) is 61.7 cm³/mol. The Morgan fingerprint density at radius 1 is 0.762 bits per heavy atom. The summed E-state index contributed by atoms with van der Waals surface area (Å²) in [6.45, 7) is 1.94. The van der Waals surface area contributed by atoms with Gasteiger partial charge in [0.2, 0.25) is 0 Å². The van der Waals surface area contributed by atoms with Gasteiger partial charge in [-0.25, -0.2) is 9.59 Å². The van der Waals surface area contributed by atoms with Gasteiger partial charge >= 0.3 is 31.4 Å². The van der Waals surface area contributed by atoms with Gasteiger partial charge in [-0.3, -0.25) is 0 Å². The van der Waals surface area contributed by atoms with Gasteiger partial charge in [-0.2, -0.15) is 0 Å². The quantitative estimate of drug-likeness (QED) is 0.617. The van der Waals surface area contributed by atoms with Crippen LogP contribution in [-0.2, 0) is 29.1 Å². The second-order valence-corrected chi connectivity index (χ2v) is 3.17. The summed E-state index contributed by atoms with van der Waals surface area (Å²) in [5.41, 5.74) is 0.167. The summed E-state index contributed by atoms with van der Waals surface area (Å²) in [5.74, 6) is -4.29. The van der Waals surface area contributed by atoms with Gasteiger partial charge in [0, 0.05) is 11.9 Å². The van der Waals surface area contributed by atoms with Gasteiger partial charge in [0.1, 0.15) is 0 Å². The normalized spacial score (nSPS) is 7.71. The van der Waals surface area contributed by atoms with Crippen LogP contribution in [0.15, 0.2) is 24.3 Å². The first-order chi connectivity index (χ1) is 9.07. The first kappa shape index (κ1) is 23.8. The van der Waals surface area contributed by atoms with Crippen LogP contribution in [0.5, 0.6) is 0 Å². The molecule has 1 aromatic rings. The Labute approximate surface area is 132 Å². The molecule has 110 valence electrons. The molecule has 1 aromatic carbocycles. The molecule has 0 saturated carbocycles. The van der Waals surface area contributed by atoms with Crippen LogP contribution in [0, 0.1) is 0 Å². The number of carboxylic acids is 4. The van der Waals surface area contributed by atoms with Gasteiger partial charge in [0.05, 0.1) is 11.1 Å². The molecule has 21 heavy (non-hydrogen) atoms. The van der Waals surface area contributed by atoms with Crippen molar-refractivity contribution in [3.05, 3.63) is 35.4 Å². The van der Waals surface area contributed by atoms with Crippen molar-refractivity contribution in [2.75, 3.05) is 0 Å². The van der Waals surface area contributed by atoms with E-state index in [0.717, 1.165) is 13.8 Å². The summed E-state index contributed by atoms with van der Waals surface area (Å²) in [5, 5.41) is 34.7.